The standard InChI is InChI=1S/C23H30N6O3/c1-15(19-4-2-11-26-19)25-10-3-5-20(23(31)32)29-22(30)17-8-6-16(7-9-17)18(24)14-21-27-12-13-28-21/h2,4,6-9,11-13,15,18,20,25-26H,3,5,10,14,24H2,1H3,(H,27,28)(H,29,30)(H,31,32)/t15?,18?,20-/m0/s1. The molecule has 3 rings (SSSR count). The van der Waals surface area contributed by atoms with Crippen molar-refractivity contribution in [2.45, 2.75) is 44.3 Å². The second kappa shape index (κ2) is 11.3. The third-order valence-corrected chi connectivity index (χ3v) is 5.38. The van der Waals surface area contributed by atoms with Gasteiger partial charge in [-0.25, -0.2) is 9.78 Å². The number of carbonyl (C=O) groups is 2. The number of benzene rings is 1. The number of rotatable bonds is 12. The van der Waals surface area contributed by atoms with Gasteiger partial charge in [0.1, 0.15) is 11.9 Å². The maximum Gasteiger partial charge on any atom is 0.326 e. The molecule has 1 aromatic carbocycles. The molecule has 0 aliphatic carbocycles. The number of carbonyl (C=O) groups excluding carboxylic acids is 1. The molecule has 7 N–H and O–H groups in total. The smallest absolute Gasteiger partial charge is 0.326 e. The number of nitrogens with one attached hydrogen (secondary N) is 4. The number of hydrogen-bond acceptors (Lipinski definition) is 5. The largest absolute Gasteiger partial charge is 0.480 e. The van der Waals surface area contributed by atoms with Crippen molar-refractivity contribution >= 4 is 11.9 Å². The molecule has 0 bridgehead atoms. The van der Waals surface area contributed by atoms with Crippen molar-refractivity contribution in [1.82, 2.24) is 25.6 Å². The fourth-order valence-electron chi connectivity index (χ4n) is 3.46. The summed E-state index contributed by atoms with van der Waals surface area (Å²) in [5, 5.41) is 15.5. The van der Waals surface area contributed by atoms with Gasteiger partial charge in [-0.3, -0.25) is 4.79 Å². The normalized spacial score (nSPS) is 13.9. The van der Waals surface area contributed by atoms with Crippen LogP contribution in [0.1, 0.15) is 59.3 Å². The summed E-state index contributed by atoms with van der Waals surface area (Å²) < 4.78 is 0. The molecule has 0 spiro atoms. The first-order chi connectivity index (χ1) is 15.4. The number of imidazole rings is 1. The number of aromatic amines is 2. The molecule has 3 atom stereocenters. The summed E-state index contributed by atoms with van der Waals surface area (Å²) in [7, 11) is 0. The number of aromatic nitrogens is 3. The van der Waals surface area contributed by atoms with Gasteiger partial charge in [0.2, 0.25) is 0 Å². The Morgan fingerprint density at radius 1 is 1.16 bits per heavy atom. The number of hydrogen-bond donors (Lipinski definition) is 6. The van der Waals surface area contributed by atoms with E-state index in [0.29, 0.717) is 31.4 Å². The second-order valence-corrected chi connectivity index (χ2v) is 7.78. The highest BCUT2D eigenvalue weighted by Gasteiger charge is 2.20. The van der Waals surface area contributed by atoms with Crippen molar-refractivity contribution in [3.05, 3.63) is 77.6 Å². The van der Waals surface area contributed by atoms with Gasteiger partial charge >= 0.3 is 5.97 Å². The number of carboxylic acids is 1. The maximum absolute atomic E-state index is 12.6. The summed E-state index contributed by atoms with van der Waals surface area (Å²) in [5.41, 5.74) is 8.54. The van der Waals surface area contributed by atoms with Crippen molar-refractivity contribution in [2.75, 3.05) is 6.54 Å². The molecule has 0 radical (unpaired) electrons. The highest BCUT2D eigenvalue weighted by atomic mass is 16.4. The zero-order chi connectivity index (χ0) is 22.9. The first kappa shape index (κ1) is 23.2. The highest BCUT2D eigenvalue weighted by molar-refractivity contribution is 5.96. The molecule has 2 heterocycles. The monoisotopic (exact) mass is 438 g/mol. The summed E-state index contributed by atoms with van der Waals surface area (Å²) in [6.07, 6.45) is 6.78. The highest BCUT2D eigenvalue weighted by Crippen LogP contribution is 2.15. The lowest BCUT2D eigenvalue weighted by molar-refractivity contribution is -0.139. The minimum atomic E-state index is -1.05. The average Bonchev–Trinajstić information content (AvgIpc) is 3.50. The van der Waals surface area contributed by atoms with Gasteiger partial charge in [0.25, 0.3) is 5.91 Å². The van der Waals surface area contributed by atoms with E-state index in [1.807, 2.05) is 25.3 Å². The van der Waals surface area contributed by atoms with E-state index < -0.39 is 17.9 Å². The molecule has 9 heteroatoms. The number of nitrogens with two attached hydrogens (primary N) is 1. The lowest BCUT2D eigenvalue weighted by Gasteiger charge is -2.17. The first-order valence-electron chi connectivity index (χ1n) is 10.7. The molecule has 0 aliphatic rings. The molecule has 3 aromatic rings. The van der Waals surface area contributed by atoms with Crippen molar-refractivity contribution in [3.63, 3.8) is 0 Å². The molecule has 2 unspecified atom stereocenters. The molecule has 1 amide bonds. The lowest BCUT2D eigenvalue weighted by atomic mass is 10.0. The van der Waals surface area contributed by atoms with E-state index in [1.54, 1.807) is 36.7 Å². The predicted molar refractivity (Wildman–Crippen MR) is 121 cm³/mol. The van der Waals surface area contributed by atoms with Gasteiger partial charge in [0.05, 0.1) is 0 Å². The van der Waals surface area contributed by atoms with Gasteiger partial charge in [-0.1, -0.05) is 12.1 Å². The van der Waals surface area contributed by atoms with Gasteiger partial charge in [-0.05, 0) is 56.1 Å². The fourth-order valence-corrected chi connectivity index (χ4v) is 3.46. The van der Waals surface area contributed by atoms with E-state index >= 15 is 0 Å². The summed E-state index contributed by atoms with van der Waals surface area (Å²) in [6, 6.07) is 9.73. The van der Waals surface area contributed by atoms with E-state index in [9.17, 15) is 14.7 Å². The van der Waals surface area contributed by atoms with Crippen molar-refractivity contribution in [2.24, 2.45) is 5.73 Å². The molecule has 0 aliphatic heterocycles. The third-order valence-electron chi connectivity index (χ3n) is 5.38. The third kappa shape index (κ3) is 6.53. The minimum Gasteiger partial charge on any atom is -0.480 e. The van der Waals surface area contributed by atoms with Gasteiger partial charge in [-0.15, -0.1) is 0 Å². The van der Waals surface area contributed by atoms with Crippen LogP contribution in [-0.2, 0) is 11.2 Å². The number of aliphatic carboxylic acids is 1. The molecule has 0 saturated heterocycles. The van der Waals surface area contributed by atoms with Crippen LogP contribution in [0.4, 0.5) is 0 Å². The van der Waals surface area contributed by atoms with E-state index in [2.05, 4.69) is 25.6 Å². The second-order valence-electron chi connectivity index (χ2n) is 7.78. The van der Waals surface area contributed by atoms with Crippen molar-refractivity contribution in [1.29, 1.82) is 0 Å². The Labute approximate surface area is 186 Å². The molecule has 0 saturated carbocycles. The predicted octanol–water partition coefficient (Wildman–Crippen LogP) is 2.29. The van der Waals surface area contributed by atoms with Crippen LogP contribution in [0.5, 0.6) is 0 Å². The van der Waals surface area contributed by atoms with Crippen LogP contribution in [0.2, 0.25) is 0 Å². The van der Waals surface area contributed by atoms with Crippen LogP contribution in [0.15, 0.2) is 55.0 Å². The quantitative estimate of drug-likeness (QED) is 0.239. The number of amides is 1. The van der Waals surface area contributed by atoms with Crippen LogP contribution >= 0.6 is 0 Å². The van der Waals surface area contributed by atoms with Crippen LogP contribution in [-0.4, -0.2) is 44.5 Å². The molecule has 0 fully saturated rings. The van der Waals surface area contributed by atoms with E-state index in [-0.39, 0.29) is 12.1 Å². The Morgan fingerprint density at radius 2 is 1.94 bits per heavy atom. The SMILES string of the molecule is CC(NCCC[C@H](NC(=O)c1ccc(C(N)Cc2ncc[nH]2)cc1)C(=O)O)c1ccc[nH]1. The average molecular weight is 439 g/mol. The van der Waals surface area contributed by atoms with E-state index in [4.69, 9.17) is 5.73 Å². The zero-order valence-corrected chi connectivity index (χ0v) is 18.0. The molecule has 32 heavy (non-hydrogen) atoms. The Bertz CT molecular complexity index is 970. The van der Waals surface area contributed by atoms with Gasteiger partial charge in [-0.2, -0.15) is 0 Å². The van der Waals surface area contributed by atoms with Gasteiger partial charge < -0.3 is 31.4 Å². The van der Waals surface area contributed by atoms with Crippen LogP contribution < -0.4 is 16.4 Å². The minimum absolute atomic E-state index is 0.139. The Hall–Kier alpha value is -3.43. The molecule has 2 aromatic heterocycles. The molecule has 9 nitrogen and oxygen atoms in total. The summed E-state index contributed by atoms with van der Waals surface area (Å²) in [6.45, 7) is 2.68. The van der Waals surface area contributed by atoms with Gasteiger partial charge in [0.15, 0.2) is 0 Å². The van der Waals surface area contributed by atoms with E-state index in [0.717, 1.165) is 17.1 Å². The van der Waals surface area contributed by atoms with Crippen LogP contribution in [0.25, 0.3) is 0 Å². The fraction of sp³-hybridized carbons (Fsp3) is 0.348. The zero-order valence-electron chi connectivity index (χ0n) is 18.0. The number of nitrogens with zero attached hydrogens (tertiary/aromatic N) is 1. The topological polar surface area (TPSA) is 149 Å². The van der Waals surface area contributed by atoms with Gasteiger partial charge in [0, 0.05) is 48.4 Å². The molecule has 170 valence electrons. The summed E-state index contributed by atoms with van der Waals surface area (Å²) in [5.74, 6) is -0.676. The van der Waals surface area contributed by atoms with Crippen molar-refractivity contribution in [3.8, 4) is 0 Å². The molecular formula is C23H30N6O3. The molecular weight excluding hydrogens is 408 g/mol. The Balaban J connectivity index is 1.47. The van der Waals surface area contributed by atoms with Crippen molar-refractivity contribution < 1.29 is 14.7 Å². The first-order valence-corrected chi connectivity index (χ1v) is 10.7. The number of carboxylic acid groups (broad SMARTS) is 1. The van der Waals surface area contributed by atoms with Crippen LogP contribution in [0.3, 0.4) is 0 Å². The number of H-pyrrole nitrogens is 2. The van der Waals surface area contributed by atoms with E-state index in [1.165, 1.54) is 0 Å². The summed E-state index contributed by atoms with van der Waals surface area (Å²) in [4.78, 5) is 34.5. The lowest BCUT2D eigenvalue weighted by Crippen LogP contribution is -2.41. The summed E-state index contributed by atoms with van der Waals surface area (Å²) >= 11 is 0. The Morgan fingerprint density at radius 3 is 2.56 bits per heavy atom. The van der Waals surface area contributed by atoms with Crippen LogP contribution in [0, 0.1) is 0 Å². The maximum atomic E-state index is 12.6. The Kier molecular flexibility index (Phi) is 8.18.